The third-order valence-electron chi connectivity index (χ3n) is 1.62. The summed E-state index contributed by atoms with van der Waals surface area (Å²) in [5.74, 6) is 0. The van der Waals surface area contributed by atoms with Crippen molar-refractivity contribution in [2.24, 2.45) is 0 Å². The second-order valence-electron chi connectivity index (χ2n) is 2.47. The van der Waals surface area contributed by atoms with Gasteiger partial charge in [0.2, 0.25) is 0 Å². The maximum absolute atomic E-state index is 4.40. The summed E-state index contributed by atoms with van der Waals surface area (Å²) in [4.78, 5) is 4.40. The molecule has 12 heavy (non-hydrogen) atoms. The van der Waals surface area contributed by atoms with Gasteiger partial charge in [0.1, 0.15) is 3.70 Å². The van der Waals surface area contributed by atoms with Crippen LogP contribution in [0.2, 0.25) is 0 Å². The average Bonchev–Trinajstić information content (AvgIpc) is 2.05. The minimum absolute atomic E-state index is 1.04. The predicted molar refractivity (Wildman–Crippen MR) is 67.2 cm³/mol. The van der Waals surface area contributed by atoms with Crippen molar-refractivity contribution in [2.45, 2.75) is 0 Å². The van der Waals surface area contributed by atoms with Gasteiger partial charge in [-0.1, -0.05) is 6.07 Å². The SMILES string of the molecule is Ic1ccc2nc(I)ccc2c1. The Labute approximate surface area is 97.9 Å². The summed E-state index contributed by atoms with van der Waals surface area (Å²) in [5, 5.41) is 1.21. The number of pyridine rings is 1. The van der Waals surface area contributed by atoms with Gasteiger partial charge < -0.3 is 0 Å². The standard InChI is InChI=1S/C9H5I2N/c10-7-2-3-8-6(5-7)1-4-9(11)12-8/h1-5H. The lowest BCUT2D eigenvalue weighted by Crippen LogP contribution is -1.82. The molecule has 0 saturated carbocycles. The summed E-state index contributed by atoms with van der Waals surface area (Å²) in [5.41, 5.74) is 1.07. The molecular formula is C9H5I2N. The van der Waals surface area contributed by atoms with E-state index in [1.807, 2.05) is 6.07 Å². The lowest BCUT2D eigenvalue weighted by molar-refractivity contribution is 1.35. The summed E-state index contributed by atoms with van der Waals surface area (Å²) >= 11 is 4.53. The monoisotopic (exact) mass is 381 g/mol. The van der Waals surface area contributed by atoms with E-state index in [0.29, 0.717) is 0 Å². The van der Waals surface area contributed by atoms with Gasteiger partial charge in [-0.2, -0.15) is 0 Å². The molecule has 1 heterocycles. The van der Waals surface area contributed by atoms with Crippen LogP contribution in [0.25, 0.3) is 10.9 Å². The predicted octanol–water partition coefficient (Wildman–Crippen LogP) is 3.44. The van der Waals surface area contributed by atoms with Crippen molar-refractivity contribution in [1.29, 1.82) is 0 Å². The Hall–Kier alpha value is 0.0900. The molecule has 2 aromatic rings. The second kappa shape index (κ2) is 3.45. The van der Waals surface area contributed by atoms with Crippen molar-refractivity contribution in [2.75, 3.05) is 0 Å². The van der Waals surface area contributed by atoms with Gasteiger partial charge in [0, 0.05) is 8.96 Å². The van der Waals surface area contributed by atoms with Gasteiger partial charge in [0.25, 0.3) is 0 Å². The van der Waals surface area contributed by atoms with E-state index in [2.05, 4.69) is 74.4 Å². The molecule has 0 amide bonds. The van der Waals surface area contributed by atoms with E-state index < -0.39 is 0 Å². The van der Waals surface area contributed by atoms with E-state index in [1.165, 1.54) is 8.96 Å². The summed E-state index contributed by atoms with van der Waals surface area (Å²) in [6, 6.07) is 10.4. The first kappa shape index (κ1) is 8.68. The molecule has 2 rings (SSSR count). The lowest BCUT2D eigenvalue weighted by atomic mass is 10.2. The Bertz CT molecular complexity index is 385. The first-order valence-electron chi connectivity index (χ1n) is 3.47. The zero-order valence-corrected chi connectivity index (χ0v) is 10.4. The lowest BCUT2D eigenvalue weighted by Gasteiger charge is -1.97. The number of benzene rings is 1. The average molecular weight is 381 g/mol. The van der Waals surface area contributed by atoms with Crippen LogP contribution in [0.3, 0.4) is 0 Å². The highest BCUT2D eigenvalue weighted by Gasteiger charge is 1.95. The van der Waals surface area contributed by atoms with Gasteiger partial charge in [-0.25, -0.2) is 4.98 Å². The number of fused-ring (bicyclic) bond motifs is 1. The van der Waals surface area contributed by atoms with Crippen molar-refractivity contribution in [3.05, 3.63) is 37.6 Å². The van der Waals surface area contributed by atoms with Crippen molar-refractivity contribution >= 4 is 56.1 Å². The van der Waals surface area contributed by atoms with Gasteiger partial charge in [0.15, 0.2) is 0 Å². The fourth-order valence-electron chi connectivity index (χ4n) is 1.07. The first-order chi connectivity index (χ1) is 5.75. The largest absolute Gasteiger partial charge is 0.242 e. The molecule has 0 aliphatic rings. The molecule has 0 fully saturated rings. The van der Waals surface area contributed by atoms with Gasteiger partial charge in [-0.15, -0.1) is 0 Å². The Balaban J connectivity index is 2.79. The molecule has 1 nitrogen and oxygen atoms in total. The van der Waals surface area contributed by atoms with Gasteiger partial charge in [0.05, 0.1) is 5.52 Å². The first-order valence-corrected chi connectivity index (χ1v) is 5.63. The third kappa shape index (κ3) is 1.71. The van der Waals surface area contributed by atoms with E-state index in [1.54, 1.807) is 0 Å². The van der Waals surface area contributed by atoms with Crippen molar-refractivity contribution in [3.63, 3.8) is 0 Å². The highest BCUT2D eigenvalue weighted by atomic mass is 127. The van der Waals surface area contributed by atoms with Crippen molar-refractivity contribution in [1.82, 2.24) is 4.98 Å². The minimum Gasteiger partial charge on any atom is -0.242 e. The molecule has 0 aliphatic heterocycles. The van der Waals surface area contributed by atoms with Crippen LogP contribution in [0, 0.1) is 7.27 Å². The summed E-state index contributed by atoms with van der Waals surface area (Å²) in [7, 11) is 0. The Morgan fingerprint density at radius 3 is 2.67 bits per heavy atom. The molecule has 0 unspecified atom stereocenters. The number of hydrogen-bond donors (Lipinski definition) is 0. The molecule has 3 heteroatoms. The van der Waals surface area contributed by atoms with E-state index in [0.717, 1.165) is 9.22 Å². The van der Waals surface area contributed by atoms with E-state index >= 15 is 0 Å². The van der Waals surface area contributed by atoms with E-state index in [9.17, 15) is 0 Å². The maximum Gasteiger partial charge on any atom is 0.102 e. The number of nitrogens with zero attached hydrogens (tertiary/aromatic N) is 1. The van der Waals surface area contributed by atoms with Crippen LogP contribution < -0.4 is 0 Å². The molecule has 0 radical (unpaired) electrons. The molecule has 0 spiro atoms. The van der Waals surface area contributed by atoms with Crippen LogP contribution in [0.5, 0.6) is 0 Å². The molecule has 0 aliphatic carbocycles. The molecule has 60 valence electrons. The molecule has 1 aromatic carbocycles. The molecule has 0 N–H and O–H groups in total. The minimum atomic E-state index is 1.04. The zero-order valence-electron chi connectivity index (χ0n) is 6.09. The zero-order chi connectivity index (χ0) is 8.55. The summed E-state index contributed by atoms with van der Waals surface area (Å²) < 4.78 is 2.30. The summed E-state index contributed by atoms with van der Waals surface area (Å²) in [6.45, 7) is 0. The molecule has 0 saturated heterocycles. The Morgan fingerprint density at radius 1 is 1.00 bits per heavy atom. The van der Waals surface area contributed by atoms with Crippen molar-refractivity contribution < 1.29 is 0 Å². The Kier molecular flexibility index (Phi) is 2.49. The maximum atomic E-state index is 4.40. The van der Waals surface area contributed by atoms with Crippen LogP contribution in [0.15, 0.2) is 30.3 Å². The number of rotatable bonds is 0. The number of aromatic nitrogens is 1. The van der Waals surface area contributed by atoms with Crippen LogP contribution in [-0.4, -0.2) is 4.98 Å². The highest BCUT2D eigenvalue weighted by Crippen LogP contribution is 2.16. The van der Waals surface area contributed by atoms with Crippen LogP contribution in [0.1, 0.15) is 0 Å². The van der Waals surface area contributed by atoms with Gasteiger partial charge in [-0.05, 0) is 69.4 Å². The third-order valence-corrected chi connectivity index (χ3v) is 2.89. The topological polar surface area (TPSA) is 12.9 Å². The molecular weight excluding hydrogens is 376 g/mol. The molecule has 1 aromatic heterocycles. The summed E-state index contributed by atoms with van der Waals surface area (Å²) in [6.07, 6.45) is 0. The molecule has 0 atom stereocenters. The normalized spacial score (nSPS) is 10.5. The van der Waals surface area contributed by atoms with Crippen LogP contribution in [0.4, 0.5) is 0 Å². The highest BCUT2D eigenvalue weighted by molar-refractivity contribution is 14.1. The van der Waals surface area contributed by atoms with Crippen LogP contribution >= 0.6 is 45.2 Å². The van der Waals surface area contributed by atoms with Crippen molar-refractivity contribution in [3.8, 4) is 0 Å². The van der Waals surface area contributed by atoms with Gasteiger partial charge >= 0.3 is 0 Å². The fraction of sp³-hybridized carbons (Fsp3) is 0. The molecule has 0 bridgehead atoms. The number of halogens is 2. The quantitative estimate of drug-likeness (QED) is 0.504. The van der Waals surface area contributed by atoms with Gasteiger partial charge in [-0.3, -0.25) is 0 Å². The second-order valence-corrected chi connectivity index (χ2v) is 4.82. The number of hydrogen-bond acceptors (Lipinski definition) is 1. The smallest absolute Gasteiger partial charge is 0.102 e. The van der Waals surface area contributed by atoms with E-state index in [-0.39, 0.29) is 0 Å². The Morgan fingerprint density at radius 2 is 1.83 bits per heavy atom. The fourth-order valence-corrected chi connectivity index (χ4v) is 2.03. The van der Waals surface area contributed by atoms with E-state index in [4.69, 9.17) is 0 Å². The van der Waals surface area contributed by atoms with Crippen LogP contribution in [-0.2, 0) is 0 Å².